The van der Waals surface area contributed by atoms with E-state index in [1.54, 1.807) is 40.2 Å². The van der Waals surface area contributed by atoms with Crippen LogP contribution in [0.25, 0.3) is 0 Å². The van der Waals surface area contributed by atoms with Crippen LogP contribution >= 0.6 is 0 Å². The molecule has 0 spiro atoms. The van der Waals surface area contributed by atoms with Crippen LogP contribution in [-0.2, 0) is 11.3 Å². The second-order valence-corrected chi connectivity index (χ2v) is 4.74. The van der Waals surface area contributed by atoms with Crippen molar-refractivity contribution >= 4 is 5.91 Å². The van der Waals surface area contributed by atoms with E-state index in [4.69, 9.17) is 10.00 Å². The highest BCUT2D eigenvalue weighted by atomic mass is 16.5. The van der Waals surface area contributed by atoms with Crippen LogP contribution in [-0.4, -0.2) is 44.8 Å². The largest absolute Gasteiger partial charge is 0.471 e. The molecule has 0 N–H and O–H groups in total. The van der Waals surface area contributed by atoms with Crippen LogP contribution in [0, 0.1) is 11.3 Å². The zero-order valence-corrected chi connectivity index (χ0v) is 11.2. The smallest absolute Gasteiger partial charge is 0.244 e. The van der Waals surface area contributed by atoms with E-state index >= 15 is 0 Å². The van der Waals surface area contributed by atoms with Gasteiger partial charge in [-0.3, -0.25) is 9.48 Å². The fraction of sp³-hybridized carbons (Fsp3) is 0.286. The molecule has 0 radical (unpaired) electrons. The summed E-state index contributed by atoms with van der Waals surface area (Å²) in [6.45, 7) is 1.29. The highest BCUT2D eigenvalue weighted by molar-refractivity contribution is 5.76. The molecule has 0 atom stereocenters. The van der Waals surface area contributed by atoms with Crippen LogP contribution in [0.1, 0.15) is 5.56 Å². The number of nitrogens with zero attached hydrogens (tertiary/aromatic N) is 5. The first-order chi connectivity index (χ1) is 10.2. The van der Waals surface area contributed by atoms with Gasteiger partial charge in [-0.25, -0.2) is 4.98 Å². The standard InChI is InChI=1S/C14H13N5O2/c15-7-11-2-4-16-13(6-11)21-12-8-18(9-12)14(20)10-19-5-1-3-17-19/h1-6,12H,8-10H2. The van der Waals surface area contributed by atoms with Crippen LogP contribution in [0.3, 0.4) is 0 Å². The van der Waals surface area contributed by atoms with Gasteiger partial charge in [0.05, 0.1) is 24.7 Å². The number of carbonyl (C=O) groups excluding carboxylic acids is 1. The number of carbonyl (C=O) groups is 1. The zero-order chi connectivity index (χ0) is 14.7. The molecule has 1 aliphatic rings. The molecule has 21 heavy (non-hydrogen) atoms. The summed E-state index contributed by atoms with van der Waals surface area (Å²) < 4.78 is 7.22. The maximum absolute atomic E-state index is 11.9. The number of pyridine rings is 1. The average Bonchev–Trinajstić information content (AvgIpc) is 2.95. The van der Waals surface area contributed by atoms with Gasteiger partial charge in [-0.1, -0.05) is 0 Å². The van der Waals surface area contributed by atoms with Crippen molar-refractivity contribution in [1.29, 1.82) is 5.26 Å². The predicted octanol–water partition coefficient (Wildman–Crippen LogP) is 0.440. The lowest BCUT2D eigenvalue weighted by Gasteiger charge is -2.38. The third-order valence-electron chi connectivity index (χ3n) is 3.21. The number of hydrogen-bond donors (Lipinski definition) is 0. The van der Waals surface area contributed by atoms with E-state index in [1.807, 2.05) is 6.07 Å². The predicted molar refractivity (Wildman–Crippen MR) is 72.2 cm³/mol. The van der Waals surface area contributed by atoms with Gasteiger partial charge in [0.1, 0.15) is 12.6 Å². The normalized spacial score (nSPS) is 14.3. The summed E-state index contributed by atoms with van der Waals surface area (Å²) in [4.78, 5) is 17.7. The first-order valence-corrected chi connectivity index (χ1v) is 6.52. The van der Waals surface area contributed by atoms with Crippen LogP contribution < -0.4 is 4.74 Å². The van der Waals surface area contributed by atoms with E-state index in [0.29, 0.717) is 24.5 Å². The van der Waals surface area contributed by atoms with Crippen molar-refractivity contribution in [2.45, 2.75) is 12.6 Å². The van der Waals surface area contributed by atoms with E-state index < -0.39 is 0 Å². The van der Waals surface area contributed by atoms with E-state index in [9.17, 15) is 4.79 Å². The lowest BCUT2D eigenvalue weighted by Crippen LogP contribution is -2.57. The Morgan fingerprint density at radius 1 is 1.48 bits per heavy atom. The molecule has 7 heteroatoms. The molecule has 1 saturated heterocycles. The van der Waals surface area contributed by atoms with Gasteiger partial charge >= 0.3 is 0 Å². The van der Waals surface area contributed by atoms with Gasteiger partial charge < -0.3 is 9.64 Å². The molecule has 106 valence electrons. The maximum Gasteiger partial charge on any atom is 0.244 e. The molecule has 3 rings (SSSR count). The van der Waals surface area contributed by atoms with Gasteiger partial charge in [0.2, 0.25) is 11.8 Å². The topological polar surface area (TPSA) is 84.0 Å². The van der Waals surface area contributed by atoms with Crippen molar-refractivity contribution < 1.29 is 9.53 Å². The molecule has 0 bridgehead atoms. The quantitative estimate of drug-likeness (QED) is 0.813. The Morgan fingerprint density at radius 3 is 3.05 bits per heavy atom. The summed E-state index contributed by atoms with van der Waals surface area (Å²) in [6.07, 6.45) is 4.85. The van der Waals surface area contributed by atoms with Crippen molar-refractivity contribution in [3.63, 3.8) is 0 Å². The first kappa shape index (κ1) is 13.1. The van der Waals surface area contributed by atoms with Crippen LogP contribution in [0.2, 0.25) is 0 Å². The minimum atomic E-state index is -0.0759. The molecule has 3 heterocycles. The monoisotopic (exact) mass is 283 g/mol. The number of ether oxygens (including phenoxy) is 1. The lowest BCUT2D eigenvalue weighted by atomic mass is 10.1. The van der Waals surface area contributed by atoms with Crippen molar-refractivity contribution in [1.82, 2.24) is 19.7 Å². The third-order valence-corrected chi connectivity index (χ3v) is 3.21. The molecule has 7 nitrogen and oxygen atoms in total. The van der Waals surface area contributed by atoms with Crippen molar-refractivity contribution in [2.75, 3.05) is 13.1 Å². The molecular formula is C14H13N5O2. The summed E-state index contributed by atoms with van der Waals surface area (Å²) in [5, 5.41) is 12.8. The van der Waals surface area contributed by atoms with Crippen LogP contribution in [0.4, 0.5) is 0 Å². The molecule has 0 aromatic carbocycles. The summed E-state index contributed by atoms with van der Waals surface area (Å²) >= 11 is 0. The van der Waals surface area contributed by atoms with Crippen LogP contribution in [0.15, 0.2) is 36.8 Å². The Bertz CT molecular complexity index is 671. The summed E-state index contributed by atoms with van der Waals surface area (Å²) in [5.41, 5.74) is 0.505. The maximum atomic E-state index is 11.9. The molecule has 0 aliphatic carbocycles. The minimum Gasteiger partial charge on any atom is -0.471 e. The zero-order valence-electron chi connectivity index (χ0n) is 11.2. The van der Waals surface area contributed by atoms with Gasteiger partial charge in [0.15, 0.2) is 0 Å². The molecule has 0 saturated carbocycles. The van der Waals surface area contributed by atoms with E-state index in [1.165, 1.54) is 6.20 Å². The molecule has 1 aliphatic heterocycles. The number of nitriles is 1. The van der Waals surface area contributed by atoms with E-state index in [2.05, 4.69) is 10.1 Å². The fourth-order valence-corrected chi connectivity index (χ4v) is 2.06. The summed E-state index contributed by atoms with van der Waals surface area (Å²) in [7, 11) is 0. The second kappa shape index (κ2) is 5.63. The van der Waals surface area contributed by atoms with E-state index in [0.717, 1.165) is 0 Å². The number of aromatic nitrogens is 3. The molecular weight excluding hydrogens is 270 g/mol. The van der Waals surface area contributed by atoms with E-state index in [-0.39, 0.29) is 18.6 Å². The van der Waals surface area contributed by atoms with Gasteiger partial charge in [-0.15, -0.1) is 0 Å². The molecule has 0 unspecified atom stereocenters. The fourth-order valence-electron chi connectivity index (χ4n) is 2.06. The Kier molecular flexibility index (Phi) is 3.51. The molecule has 2 aromatic heterocycles. The SMILES string of the molecule is N#Cc1ccnc(OC2CN(C(=O)Cn3cccn3)C2)c1. The number of rotatable bonds is 4. The first-order valence-electron chi connectivity index (χ1n) is 6.52. The van der Waals surface area contributed by atoms with Gasteiger partial charge in [0.25, 0.3) is 0 Å². The molecule has 2 aromatic rings. The molecule has 1 amide bonds. The third kappa shape index (κ3) is 3.00. The number of hydrogen-bond acceptors (Lipinski definition) is 5. The highest BCUT2D eigenvalue weighted by Gasteiger charge is 2.32. The summed E-state index contributed by atoms with van der Waals surface area (Å²) in [6, 6.07) is 7.03. The highest BCUT2D eigenvalue weighted by Crippen LogP contribution is 2.17. The van der Waals surface area contributed by atoms with Crippen molar-refractivity contribution in [3.05, 3.63) is 42.4 Å². The molecule has 1 fully saturated rings. The van der Waals surface area contributed by atoms with Crippen molar-refractivity contribution in [2.24, 2.45) is 0 Å². The minimum absolute atomic E-state index is 0.0114. The van der Waals surface area contributed by atoms with Gasteiger partial charge in [-0.2, -0.15) is 10.4 Å². The Hall–Kier alpha value is -2.88. The second-order valence-electron chi connectivity index (χ2n) is 4.74. The Balaban J connectivity index is 1.49. The summed E-state index contributed by atoms with van der Waals surface area (Å²) in [5.74, 6) is 0.426. The van der Waals surface area contributed by atoms with Gasteiger partial charge in [0, 0.05) is 24.7 Å². The van der Waals surface area contributed by atoms with Crippen LogP contribution in [0.5, 0.6) is 5.88 Å². The Labute approximate surface area is 121 Å². The lowest BCUT2D eigenvalue weighted by molar-refractivity contribution is -0.141. The number of amides is 1. The Morgan fingerprint density at radius 2 is 2.33 bits per heavy atom. The van der Waals surface area contributed by atoms with Gasteiger partial charge in [-0.05, 0) is 12.1 Å². The number of likely N-dealkylation sites (tertiary alicyclic amines) is 1. The van der Waals surface area contributed by atoms with Crippen molar-refractivity contribution in [3.8, 4) is 11.9 Å². The average molecular weight is 283 g/mol.